The molecule has 0 unspecified atom stereocenters. The highest BCUT2D eigenvalue weighted by molar-refractivity contribution is 4.70. The number of hydrogen-bond acceptors (Lipinski definition) is 2. The van der Waals surface area contributed by atoms with Crippen LogP contribution in [0.3, 0.4) is 0 Å². The fraction of sp³-hybridized carbons (Fsp3) is 0.818. The molecule has 0 aromatic heterocycles. The molecule has 0 aliphatic heterocycles. The van der Waals surface area contributed by atoms with E-state index in [1.165, 1.54) is 38.6 Å². The quantitative estimate of drug-likeness (QED) is 0.439. The molecule has 0 radical (unpaired) electrons. The minimum absolute atomic E-state index is 0.844. The average molecular weight is 184 g/mol. The summed E-state index contributed by atoms with van der Waals surface area (Å²) in [5.74, 6) is 0. The molecule has 78 valence electrons. The molecule has 0 aliphatic carbocycles. The molecule has 2 nitrogen and oxygen atoms in total. The minimum atomic E-state index is 0.844. The van der Waals surface area contributed by atoms with Crippen LogP contribution in [0.2, 0.25) is 0 Å². The fourth-order valence-corrected chi connectivity index (χ4v) is 1.37. The van der Waals surface area contributed by atoms with Crippen LogP contribution in [0.25, 0.3) is 0 Å². The third kappa shape index (κ3) is 9.57. The van der Waals surface area contributed by atoms with Crippen LogP contribution in [0.5, 0.6) is 0 Å². The number of rotatable bonds is 9. The van der Waals surface area contributed by atoms with Crippen LogP contribution in [-0.2, 0) is 0 Å². The molecule has 0 aromatic carbocycles. The second kappa shape index (κ2) is 9.75. The van der Waals surface area contributed by atoms with Gasteiger partial charge in [-0.2, -0.15) is 0 Å². The molecular weight excluding hydrogens is 160 g/mol. The van der Waals surface area contributed by atoms with E-state index in [0.29, 0.717) is 0 Å². The molecule has 0 saturated carbocycles. The maximum atomic E-state index is 5.41. The lowest BCUT2D eigenvalue weighted by Crippen LogP contribution is -2.19. The molecule has 0 amide bonds. The lowest BCUT2D eigenvalue weighted by Gasteiger charge is -2.13. The Morgan fingerprint density at radius 1 is 1.15 bits per heavy atom. The van der Waals surface area contributed by atoms with Crippen molar-refractivity contribution in [3.63, 3.8) is 0 Å². The van der Waals surface area contributed by atoms with E-state index < -0.39 is 0 Å². The first-order valence-electron chi connectivity index (χ1n) is 5.30. The van der Waals surface area contributed by atoms with E-state index >= 15 is 0 Å². The van der Waals surface area contributed by atoms with Crippen molar-refractivity contribution in [2.75, 3.05) is 26.7 Å². The van der Waals surface area contributed by atoms with Gasteiger partial charge in [0.2, 0.25) is 0 Å². The molecule has 0 bridgehead atoms. The summed E-state index contributed by atoms with van der Waals surface area (Å²) in [5.41, 5.74) is 5.41. The van der Waals surface area contributed by atoms with E-state index in [9.17, 15) is 0 Å². The SMILES string of the molecule is C=CCN(C)CCCCCCCN. The van der Waals surface area contributed by atoms with Crippen LogP contribution in [0.1, 0.15) is 32.1 Å². The Hall–Kier alpha value is -0.340. The average Bonchev–Trinajstić information content (AvgIpc) is 2.11. The van der Waals surface area contributed by atoms with Crippen LogP contribution in [0.15, 0.2) is 12.7 Å². The second-order valence-corrected chi connectivity index (χ2v) is 3.61. The van der Waals surface area contributed by atoms with Crippen molar-refractivity contribution < 1.29 is 0 Å². The maximum Gasteiger partial charge on any atom is 0.0157 e. The van der Waals surface area contributed by atoms with Crippen LogP contribution in [-0.4, -0.2) is 31.6 Å². The number of unbranched alkanes of at least 4 members (excludes halogenated alkanes) is 4. The van der Waals surface area contributed by atoms with E-state index in [0.717, 1.165) is 13.1 Å². The molecule has 0 aromatic rings. The Kier molecular flexibility index (Phi) is 9.49. The molecular formula is C11H24N2. The van der Waals surface area contributed by atoms with Crippen LogP contribution in [0.4, 0.5) is 0 Å². The summed E-state index contributed by atoms with van der Waals surface area (Å²) in [6.07, 6.45) is 8.40. The normalized spacial score (nSPS) is 10.7. The van der Waals surface area contributed by atoms with Gasteiger partial charge in [-0.3, -0.25) is 0 Å². The molecule has 0 spiro atoms. The standard InChI is InChI=1S/C11H24N2/c1-3-10-13(2)11-8-6-4-5-7-9-12/h3H,1,4-12H2,2H3. The van der Waals surface area contributed by atoms with Crippen molar-refractivity contribution in [1.82, 2.24) is 4.90 Å². The summed E-state index contributed by atoms with van der Waals surface area (Å²) in [6, 6.07) is 0. The number of nitrogens with zero attached hydrogens (tertiary/aromatic N) is 1. The third-order valence-electron chi connectivity index (χ3n) is 2.18. The van der Waals surface area contributed by atoms with Crippen LogP contribution < -0.4 is 5.73 Å². The minimum Gasteiger partial charge on any atom is -0.330 e. The van der Waals surface area contributed by atoms with Crippen molar-refractivity contribution in [3.05, 3.63) is 12.7 Å². The maximum absolute atomic E-state index is 5.41. The molecule has 2 N–H and O–H groups in total. The highest BCUT2D eigenvalue weighted by Gasteiger charge is 1.94. The Labute approximate surface area is 82.8 Å². The van der Waals surface area contributed by atoms with Gasteiger partial charge in [0.15, 0.2) is 0 Å². The molecule has 0 aliphatic rings. The van der Waals surface area contributed by atoms with Crippen molar-refractivity contribution in [3.8, 4) is 0 Å². The van der Waals surface area contributed by atoms with E-state index in [-0.39, 0.29) is 0 Å². The fourth-order valence-electron chi connectivity index (χ4n) is 1.37. The topological polar surface area (TPSA) is 29.3 Å². The summed E-state index contributed by atoms with van der Waals surface area (Å²) in [6.45, 7) is 6.75. The zero-order chi connectivity index (χ0) is 9.94. The Morgan fingerprint density at radius 2 is 1.77 bits per heavy atom. The van der Waals surface area contributed by atoms with Crippen molar-refractivity contribution in [2.24, 2.45) is 5.73 Å². The summed E-state index contributed by atoms with van der Waals surface area (Å²) in [7, 11) is 2.14. The summed E-state index contributed by atoms with van der Waals surface area (Å²) < 4.78 is 0. The largest absolute Gasteiger partial charge is 0.330 e. The number of hydrogen-bond donors (Lipinski definition) is 1. The first-order valence-corrected chi connectivity index (χ1v) is 5.30. The van der Waals surface area contributed by atoms with Gasteiger partial charge in [-0.15, -0.1) is 6.58 Å². The van der Waals surface area contributed by atoms with E-state index in [1.54, 1.807) is 0 Å². The summed E-state index contributed by atoms with van der Waals surface area (Å²) in [5, 5.41) is 0. The van der Waals surface area contributed by atoms with E-state index in [4.69, 9.17) is 5.73 Å². The first kappa shape index (κ1) is 12.7. The van der Waals surface area contributed by atoms with Gasteiger partial charge >= 0.3 is 0 Å². The van der Waals surface area contributed by atoms with Crippen LogP contribution >= 0.6 is 0 Å². The van der Waals surface area contributed by atoms with Gasteiger partial charge in [-0.05, 0) is 33.0 Å². The molecule has 13 heavy (non-hydrogen) atoms. The third-order valence-corrected chi connectivity index (χ3v) is 2.18. The molecule has 0 fully saturated rings. The second-order valence-electron chi connectivity index (χ2n) is 3.61. The molecule has 0 rings (SSSR count). The molecule has 0 atom stereocenters. The van der Waals surface area contributed by atoms with Crippen molar-refractivity contribution in [2.45, 2.75) is 32.1 Å². The number of nitrogens with two attached hydrogens (primary N) is 1. The van der Waals surface area contributed by atoms with Crippen molar-refractivity contribution >= 4 is 0 Å². The zero-order valence-electron chi connectivity index (χ0n) is 8.97. The lowest BCUT2D eigenvalue weighted by atomic mass is 10.1. The Morgan fingerprint density at radius 3 is 2.38 bits per heavy atom. The van der Waals surface area contributed by atoms with Gasteiger partial charge in [0.1, 0.15) is 0 Å². The predicted octanol–water partition coefficient (Wildman–Crippen LogP) is 2.01. The first-order chi connectivity index (χ1) is 6.31. The van der Waals surface area contributed by atoms with Gasteiger partial charge in [0.25, 0.3) is 0 Å². The van der Waals surface area contributed by atoms with E-state index in [1.807, 2.05) is 6.08 Å². The number of likely N-dealkylation sites (N-methyl/N-ethyl adjacent to an activating group) is 1. The van der Waals surface area contributed by atoms with E-state index in [2.05, 4.69) is 18.5 Å². The Balaban J connectivity index is 3.01. The molecule has 2 heteroatoms. The summed E-state index contributed by atoms with van der Waals surface area (Å²) >= 11 is 0. The monoisotopic (exact) mass is 184 g/mol. The zero-order valence-corrected chi connectivity index (χ0v) is 8.97. The molecule has 0 heterocycles. The predicted molar refractivity (Wildman–Crippen MR) is 59.8 cm³/mol. The van der Waals surface area contributed by atoms with Gasteiger partial charge < -0.3 is 10.6 Å². The Bertz CT molecular complexity index is 113. The van der Waals surface area contributed by atoms with Gasteiger partial charge in [-0.25, -0.2) is 0 Å². The lowest BCUT2D eigenvalue weighted by molar-refractivity contribution is 0.356. The van der Waals surface area contributed by atoms with Crippen molar-refractivity contribution in [1.29, 1.82) is 0 Å². The van der Waals surface area contributed by atoms with Gasteiger partial charge in [-0.1, -0.05) is 25.3 Å². The van der Waals surface area contributed by atoms with Gasteiger partial charge in [0.05, 0.1) is 0 Å². The molecule has 0 saturated heterocycles. The summed E-state index contributed by atoms with van der Waals surface area (Å²) in [4.78, 5) is 2.30. The van der Waals surface area contributed by atoms with Gasteiger partial charge in [0, 0.05) is 6.54 Å². The van der Waals surface area contributed by atoms with Crippen LogP contribution in [0, 0.1) is 0 Å². The smallest absolute Gasteiger partial charge is 0.0157 e. The highest BCUT2D eigenvalue weighted by Crippen LogP contribution is 2.02. The highest BCUT2D eigenvalue weighted by atomic mass is 15.1.